The van der Waals surface area contributed by atoms with E-state index >= 15 is 0 Å². The molecule has 22 heavy (non-hydrogen) atoms. The first kappa shape index (κ1) is 15.5. The summed E-state index contributed by atoms with van der Waals surface area (Å²) in [7, 11) is 0.804. The zero-order valence-electron chi connectivity index (χ0n) is 13.1. The van der Waals surface area contributed by atoms with Gasteiger partial charge in [0.05, 0.1) is 5.75 Å². The molecule has 1 saturated heterocycles. The Kier molecular flexibility index (Phi) is 4.01. The standard InChI is InChI=1S/C16H23N3O2S/c1-18-7-5-13(10-18)15-11-19(2)16-4-3-12(9-14(15)16)6-8-22(17,20)21/h3-4,9,11,13H,5-8,10H2,1-2H3,(H2,17,20,21). The molecule has 0 bridgehead atoms. The number of likely N-dealkylation sites (tertiary alicyclic amines) is 1. The number of fused-ring (bicyclic) bond motifs is 1. The molecule has 1 aromatic carbocycles. The first-order chi connectivity index (χ1) is 10.3. The summed E-state index contributed by atoms with van der Waals surface area (Å²) in [6, 6.07) is 6.21. The van der Waals surface area contributed by atoms with Crippen LogP contribution in [0.1, 0.15) is 23.5 Å². The van der Waals surface area contributed by atoms with Crippen molar-refractivity contribution in [3.05, 3.63) is 35.5 Å². The SMILES string of the molecule is CN1CCC(c2cn(C)c3ccc(CCS(N)(=O)=O)cc23)C1. The molecule has 1 atom stereocenters. The molecule has 1 aliphatic heterocycles. The van der Waals surface area contributed by atoms with Crippen molar-refractivity contribution < 1.29 is 8.42 Å². The van der Waals surface area contributed by atoms with Crippen LogP contribution >= 0.6 is 0 Å². The second-order valence-electron chi connectivity index (χ2n) is 6.41. The summed E-state index contributed by atoms with van der Waals surface area (Å²) in [5.41, 5.74) is 3.60. The lowest BCUT2D eigenvalue weighted by molar-refractivity contribution is 0.412. The van der Waals surface area contributed by atoms with Crippen molar-refractivity contribution in [1.29, 1.82) is 0 Å². The third-order valence-electron chi connectivity index (χ3n) is 4.59. The number of primary sulfonamides is 1. The van der Waals surface area contributed by atoms with Gasteiger partial charge in [-0.05, 0) is 55.6 Å². The topological polar surface area (TPSA) is 68.3 Å². The number of aryl methyl sites for hydroxylation is 2. The van der Waals surface area contributed by atoms with Gasteiger partial charge in [0, 0.05) is 30.7 Å². The summed E-state index contributed by atoms with van der Waals surface area (Å²) in [4.78, 5) is 2.36. The predicted molar refractivity (Wildman–Crippen MR) is 89.5 cm³/mol. The molecule has 1 aliphatic rings. The third kappa shape index (κ3) is 3.19. The van der Waals surface area contributed by atoms with E-state index in [2.05, 4.69) is 41.9 Å². The molecule has 0 amide bonds. The lowest BCUT2D eigenvalue weighted by Crippen LogP contribution is -2.17. The van der Waals surface area contributed by atoms with E-state index in [9.17, 15) is 8.42 Å². The van der Waals surface area contributed by atoms with Crippen LogP contribution in [0, 0.1) is 0 Å². The Labute approximate surface area is 131 Å². The van der Waals surface area contributed by atoms with Crippen LogP contribution in [0.15, 0.2) is 24.4 Å². The molecule has 2 N–H and O–H groups in total. The molecule has 1 aromatic heterocycles. The lowest BCUT2D eigenvalue weighted by atomic mass is 9.96. The number of rotatable bonds is 4. The van der Waals surface area contributed by atoms with E-state index in [0.29, 0.717) is 12.3 Å². The molecule has 0 saturated carbocycles. The molecule has 120 valence electrons. The fourth-order valence-electron chi connectivity index (χ4n) is 3.40. The first-order valence-electron chi connectivity index (χ1n) is 7.60. The average molecular weight is 321 g/mol. The van der Waals surface area contributed by atoms with Crippen molar-refractivity contribution in [1.82, 2.24) is 9.47 Å². The van der Waals surface area contributed by atoms with Crippen molar-refractivity contribution >= 4 is 20.9 Å². The van der Waals surface area contributed by atoms with Crippen LogP contribution < -0.4 is 5.14 Å². The van der Waals surface area contributed by atoms with Crippen molar-refractivity contribution in [3.8, 4) is 0 Å². The maximum Gasteiger partial charge on any atom is 0.209 e. The van der Waals surface area contributed by atoms with Gasteiger partial charge in [0.25, 0.3) is 0 Å². The zero-order valence-corrected chi connectivity index (χ0v) is 13.9. The van der Waals surface area contributed by atoms with Crippen molar-refractivity contribution in [2.24, 2.45) is 12.2 Å². The average Bonchev–Trinajstić information content (AvgIpc) is 3.00. The Hall–Kier alpha value is -1.37. The highest BCUT2D eigenvalue weighted by molar-refractivity contribution is 7.89. The molecule has 0 radical (unpaired) electrons. The molecular weight excluding hydrogens is 298 g/mol. The summed E-state index contributed by atoms with van der Waals surface area (Å²) in [6.45, 7) is 2.21. The monoisotopic (exact) mass is 321 g/mol. The van der Waals surface area contributed by atoms with E-state index in [1.807, 2.05) is 6.07 Å². The van der Waals surface area contributed by atoms with Crippen LogP contribution in [0.5, 0.6) is 0 Å². The second kappa shape index (κ2) is 5.68. The van der Waals surface area contributed by atoms with Crippen LogP contribution in [-0.4, -0.2) is 43.8 Å². The quantitative estimate of drug-likeness (QED) is 0.926. The molecule has 1 unspecified atom stereocenters. The molecule has 6 heteroatoms. The van der Waals surface area contributed by atoms with Gasteiger partial charge in [-0.2, -0.15) is 0 Å². The highest BCUT2D eigenvalue weighted by Crippen LogP contribution is 2.33. The molecule has 1 fully saturated rings. The Morgan fingerprint density at radius 3 is 2.73 bits per heavy atom. The van der Waals surface area contributed by atoms with Gasteiger partial charge in [-0.15, -0.1) is 0 Å². The Bertz CT molecular complexity index is 795. The first-order valence-corrected chi connectivity index (χ1v) is 9.32. The van der Waals surface area contributed by atoms with Crippen molar-refractivity contribution in [3.63, 3.8) is 0 Å². The summed E-state index contributed by atoms with van der Waals surface area (Å²) in [5.74, 6) is 0.550. The number of benzene rings is 1. The highest BCUT2D eigenvalue weighted by atomic mass is 32.2. The third-order valence-corrected chi connectivity index (χ3v) is 5.36. The van der Waals surface area contributed by atoms with Gasteiger partial charge in [-0.25, -0.2) is 13.6 Å². The summed E-state index contributed by atoms with van der Waals surface area (Å²) < 4.78 is 24.5. The summed E-state index contributed by atoms with van der Waals surface area (Å²) >= 11 is 0. The smallest absolute Gasteiger partial charge is 0.209 e. The van der Waals surface area contributed by atoms with E-state index in [-0.39, 0.29) is 5.75 Å². The molecule has 3 rings (SSSR count). The number of hydrogen-bond donors (Lipinski definition) is 1. The van der Waals surface area contributed by atoms with Crippen LogP contribution in [-0.2, 0) is 23.5 Å². The number of nitrogens with two attached hydrogens (primary N) is 1. The molecule has 0 spiro atoms. The van der Waals surface area contributed by atoms with Gasteiger partial charge in [0.15, 0.2) is 0 Å². The van der Waals surface area contributed by atoms with Crippen molar-refractivity contribution in [2.75, 3.05) is 25.9 Å². The number of likely N-dealkylation sites (N-methyl/N-ethyl adjacent to an activating group) is 1. The number of nitrogens with zero attached hydrogens (tertiary/aromatic N) is 2. The van der Waals surface area contributed by atoms with Gasteiger partial charge < -0.3 is 9.47 Å². The van der Waals surface area contributed by atoms with Gasteiger partial charge >= 0.3 is 0 Å². The molecule has 0 aliphatic carbocycles. The van der Waals surface area contributed by atoms with Gasteiger partial charge in [0.2, 0.25) is 10.0 Å². The van der Waals surface area contributed by atoms with Crippen molar-refractivity contribution in [2.45, 2.75) is 18.8 Å². The van der Waals surface area contributed by atoms with Gasteiger partial charge in [-0.3, -0.25) is 0 Å². The maximum atomic E-state index is 11.2. The zero-order chi connectivity index (χ0) is 15.9. The lowest BCUT2D eigenvalue weighted by Gasteiger charge is -2.10. The molecule has 2 heterocycles. The number of sulfonamides is 1. The van der Waals surface area contributed by atoms with E-state index in [1.54, 1.807) is 0 Å². The molecular formula is C16H23N3O2S. The number of hydrogen-bond acceptors (Lipinski definition) is 3. The minimum absolute atomic E-state index is 0.00710. The Balaban J connectivity index is 1.95. The van der Waals surface area contributed by atoms with Crippen LogP contribution in [0.4, 0.5) is 0 Å². The normalized spacial score (nSPS) is 20.0. The van der Waals surface area contributed by atoms with Crippen LogP contribution in [0.25, 0.3) is 10.9 Å². The van der Waals surface area contributed by atoms with E-state index in [0.717, 1.165) is 18.7 Å². The number of aromatic nitrogens is 1. The van der Waals surface area contributed by atoms with E-state index < -0.39 is 10.0 Å². The maximum absolute atomic E-state index is 11.2. The van der Waals surface area contributed by atoms with E-state index in [1.165, 1.54) is 22.9 Å². The van der Waals surface area contributed by atoms with E-state index in [4.69, 9.17) is 5.14 Å². The van der Waals surface area contributed by atoms with Crippen LogP contribution in [0.3, 0.4) is 0 Å². The Morgan fingerprint density at radius 2 is 2.09 bits per heavy atom. The minimum Gasteiger partial charge on any atom is -0.350 e. The summed E-state index contributed by atoms with van der Waals surface area (Å²) in [6.07, 6.45) is 3.86. The van der Waals surface area contributed by atoms with Gasteiger partial charge in [0.1, 0.15) is 0 Å². The molecule has 5 nitrogen and oxygen atoms in total. The van der Waals surface area contributed by atoms with Crippen LogP contribution in [0.2, 0.25) is 0 Å². The fourth-order valence-corrected chi connectivity index (χ4v) is 3.92. The second-order valence-corrected chi connectivity index (χ2v) is 8.15. The fraction of sp³-hybridized carbons (Fsp3) is 0.500. The summed E-state index contributed by atoms with van der Waals surface area (Å²) in [5, 5.41) is 6.35. The highest BCUT2D eigenvalue weighted by Gasteiger charge is 2.24. The Morgan fingerprint density at radius 1 is 1.32 bits per heavy atom. The predicted octanol–water partition coefficient (Wildman–Crippen LogP) is 1.43. The minimum atomic E-state index is -3.42. The van der Waals surface area contributed by atoms with Gasteiger partial charge in [-0.1, -0.05) is 6.07 Å². The molecule has 2 aromatic rings. The largest absolute Gasteiger partial charge is 0.350 e.